The van der Waals surface area contributed by atoms with Crippen molar-refractivity contribution in [1.82, 2.24) is 4.90 Å². The van der Waals surface area contributed by atoms with E-state index in [1.807, 2.05) is 6.07 Å². The highest BCUT2D eigenvalue weighted by molar-refractivity contribution is 5.53. The van der Waals surface area contributed by atoms with Gasteiger partial charge in [-0.1, -0.05) is 0 Å². The lowest BCUT2D eigenvalue weighted by molar-refractivity contribution is 0.161. The molecule has 0 aromatic heterocycles. The number of anilines is 1. The molecule has 1 aromatic carbocycles. The molecule has 2 unspecified atom stereocenters. The second-order valence-corrected chi connectivity index (χ2v) is 5.97. The molecular formula is C16H25FN2O. The maximum absolute atomic E-state index is 13.5. The van der Waals surface area contributed by atoms with Gasteiger partial charge in [0.05, 0.1) is 7.11 Å². The van der Waals surface area contributed by atoms with Crippen LogP contribution in [0.5, 0.6) is 5.75 Å². The summed E-state index contributed by atoms with van der Waals surface area (Å²) in [6.07, 6.45) is 0. The van der Waals surface area contributed by atoms with Crippen LogP contribution in [0.2, 0.25) is 0 Å². The number of methoxy groups -OCH3 is 1. The van der Waals surface area contributed by atoms with Gasteiger partial charge in [-0.25, -0.2) is 4.39 Å². The lowest BCUT2D eigenvalue weighted by Crippen LogP contribution is -2.58. The number of hydrogen-bond acceptors (Lipinski definition) is 3. The van der Waals surface area contributed by atoms with Gasteiger partial charge in [0, 0.05) is 43.0 Å². The van der Waals surface area contributed by atoms with Crippen LogP contribution in [0.1, 0.15) is 27.7 Å². The Hall–Kier alpha value is -1.29. The molecule has 1 aromatic rings. The third-order valence-electron chi connectivity index (χ3n) is 4.11. The number of benzene rings is 1. The minimum Gasteiger partial charge on any atom is -0.494 e. The number of halogens is 1. The van der Waals surface area contributed by atoms with Crippen LogP contribution in [0.25, 0.3) is 0 Å². The van der Waals surface area contributed by atoms with E-state index in [1.165, 1.54) is 13.2 Å². The minimum atomic E-state index is -0.308. The largest absolute Gasteiger partial charge is 0.494 e. The Kier molecular flexibility index (Phi) is 4.53. The fourth-order valence-electron chi connectivity index (χ4n) is 3.10. The topological polar surface area (TPSA) is 15.7 Å². The molecule has 1 aliphatic heterocycles. The third-order valence-corrected chi connectivity index (χ3v) is 4.11. The highest BCUT2D eigenvalue weighted by atomic mass is 19.1. The molecule has 2 rings (SSSR count). The van der Waals surface area contributed by atoms with Crippen LogP contribution < -0.4 is 9.64 Å². The second-order valence-electron chi connectivity index (χ2n) is 5.97. The van der Waals surface area contributed by atoms with Crippen LogP contribution >= 0.6 is 0 Å². The molecule has 4 heteroatoms. The summed E-state index contributed by atoms with van der Waals surface area (Å²) >= 11 is 0. The molecule has 1 heterocycles. The molecule has 1 aliphatic rings. The summed E-state index contributed by atoms with van der Waals surface area (Å²) in [6.45, 7) is 11.0. The van der Waals surface area contributed by atoms with E-state index in [0.717, 1.165) is 18.8 Å². The summed E-state index contributed by atoms with van der Waals surface area (Å²) < 4.78 is 18.6. The van der Waals surface area contributed by atoms with Crippen molar-refractivity contribution in [3.63, 3.8) is 0 Å². The molecule has 0 saturated carbocycles. The van der Waals surface area contributed by atoms with Crippen molar-refractivity contribution >= 4 is 5.69 Å². The van der Waals surface area contributed by atoms with E-state index in [0.29, 0.717) is 23.9 Å². The van der Waals surface area contributed by atoms with Gasteiger partial charge in [0.1, 0.15) is 0 Å². The molecule has 0 bridgehead atoms. The van der Waals surface area contributed by atoms with E-state index < -0.39 is 0 Å². The quantitative estimate of drug-likeness (QED) is 0.846. The summed E-state index contributed by atoms with van der Waals surface area (Å²) in [5, 5.41) is 0. The molecule has 112 valence electrons. The van der Waals surface area contributed by atoms with Crippen LogP contribution in [-0.2, 0) is 0 Å². The molecule has 1 saturated heterocycles. The maximum atomic E-state index is 13.5. The Labute approximate surface area is 121 Å². The van der Waals surface area contributed by atoms with Crippen LogP contribution in [0.4, 0.5) is 10.1 Å². The van der Waals surface area contributed by atoms with Gasteiger partial charge in [-0.2, -0.15) is 0 Å². The van der Waals surface area contributed by atoms with E-state index in [9.17, 15) is 4.39 Å². The second kappa shape index (κ2) is 6.00. The monoisotopic (exact) mass is 280 g/mol. The van der Waals surface area contributed by atoms with Crippen molar-refractivity contribution in [3.05, 3.63) is 24.0 Å². The standard InChI is InChI=1S/C16H25FN2O/c1-11(2)18-9-12(3)19(13(4)10-18)14-6-7-15(17)16(8-14)20-5/h6-8,11-13H,9-10H2,1-5H3. The number of piperazine rings is 1. The van der Waals surface area contributed by atoms with Crippen molar-refractivity contribution in [2.24, 2.45) is 0 Å². The molecule has 0 N–H and O–H groups in total. The van der Waals surface area contributed by atoms with E-state index >= 15 is 0 Å². The first kappa shape index (κ1) is 15.1. The molecule has 0 aliphatic carbocycles. The smallest absolute Gasteiger partial charge is 0.165 e. The SMILES string of the molecule is COc1cc(N2C(C)CN(C(C)C)CC2C)ccc1F. The molecular weight excluding hydrogens is 255 g/mol. The predicted octanol–water partition coefficient (Wildman–Crippen LogP) is 3.14. The van der Waals surface area contributed by atoms with E-state index in [1.54, 1.807) is 6.07 Å². The van der Waals surface area contributed by atoms with Crippen molar-refractivity contribution in [2.45, 2.75) is 45.8 Å². The van der Waals surface area contributed by atoms with Crippen LogP contribution in [-0.4, -0.2) is 43.2 Å². The Morgan fingerprint density at radius 1 is 1.20 bits per heavy atom. The summed E-state index contributed by atoms with van der Waals surface area (Å²) in [5.41, 5.74) is 1.03. The van der Waals surface area contributed by atoms with Crippen molar-refractivity contribution in [3.8, 4) is 5.75 Å². The number of ether oxygens (including phenoxy) is 1. The zero-order valence-electron chi connectivity index (χ0n) is 13.1. The van der Waals surface area contributed by atoms with E-state index in [-0.39, 0.29) is 5.82 Å². The van der Waals surface area contributed by atoms with Crippen LogP contribution in [0, 0.1) is 5.82 Å². The van der Waals surface area contributed by atoms with Gasteiger partial charge in [0.2, 0.25) is 0 Å². The Balaban J connectivity index is 2.24. The summed E-state index contributed by atoms with van der Waals surface area (Å²) in [4.78, 5) is 4.85. The van der Waals surface area contributed by atoms with Gasteiger partial charge in [-0.3, -0.25) is 4.90 Å². The lowest BCUT2D eigenvalue weighted by atomic mass is 10.0. The lowest BCUT2D eigenvalue weighted by Gasteiger charge is -2.47. The number of nitrogens with zero attached hydrogens (tertiary/aromatic N) is 2. The predicted molar refractivity (Wildman–Crippen MR) is 81.1 cm³/mol. The van der Waals surface area contributed by atoms with Gasteiger partial charge in [-0.15, -0.1) is 0 Å². The molecule has 0 spiro atoms. The van der Waals surface area contributed by atoms with Gasteiger partial charge < -0.3 is 9.64 Å². The molecule has 20 heavy (non-hydrogen) atoms. The zero-order chi connectivity index (χ0) is 14.9. The van der Waals surface area contributed by atoms with Gasteiger partial charge >= 0.3 is 0 Å². The summed E-state index contributed by atoms with van der Waals surface area (Å²) in [5.74, 6) is 0.00515. The Morgan fingerprint density at radius 2 is 1.80 bits per heavy atom. The Bertz CT molecular complexity index is 452. The molecule has 3 nitrogen and oxygen atoms in total. The average Bonchev–Trinajstić information content (AvgIpc) is 2.39. The highest BCUT2D eigenvalue weighted by Gasteiger charge is 2.30. The fourth-order valence-corrected chi connectivity index (χ4v) is 3.10. The normalized spacial score (nSPS) is 24.2. The highest BCUT2D eigenvalue weighted by Crippen LogP contribution is 2.30. The van der Waals surface area contributed by atoms with Crippen molar-refractivity contribution in [2.75, 3.05) is 25.1 Å². The average molecular weight is 280 g/mol. The maximum Gasteiger partial charge on any atom is 0.165 e. The minimum absolute atomic E-state index is 0.308. The number of rotatable bonds is 3. The van der Waals surface area contributed by atoms with Crippen LogP contribution in [0.3, 0.4) is 0 Å². The van der Waals surface area contributed by atoms with Crippen LogP contribution in [0.15, 0.2) is 18.2 Å². The van der Waals surface area contributed by atoms with Gasteiger partial charge in [0.15, 0.2) is 11.6 Å². The first-order chi connectivity index (χ1) is 9.43. The summed E-state index contributed by atoms with van der Waals surface area (Å²) in [7, 11) is 1.51. The van der Waals surface area contributed by atoms with Crippen molar-refractivity contribution in [1.29, 1.82) is 0 Å². The van der Waals surface area contributed by atoms with Crippen molar-refractivity contribution < 1.29 is 9.13 Å². The molecule has 2 atom stereocenters. The first-order valence-corrected chi connectivity index (χ1v) is 7.30. The van der Waals surface area contributed by atoms with Gasteiger partial charge in [0.25, 0.3) is 0 Å². The molecule has 0 amide bonds. The fraction of sp³-hybridized carbons (Fsp3) is 0.625. The Morgan fingerprint density at radius 3 is 2.30 bits per heavy atom. The summed E-state index contributed by atoms with van der Waals surface area (Å²) in [6, 6.07) is 6.49. The molecule has 1 fully saturated rings. The van der Waals surface area contributed by atoms with E-state index in [2.05, 4.69) is 37.5 Å². The molecule has 0 radical (unpaired) electrons. The van der Waals surface area contributed by atoms with E-state index in [4.69, 9.17) is 4.74 Å². The van der Waals surface area contributed by atoms with Gasteiger partial charge in [-0.05, 0) is 39.8 Å². The number of hydrogen-bond donors (Lipinski definition) is 0. The zero-order valence-corrected chi connectivity index (χ0v) is 13.1. The third kappa shape index (κ3) is 2.90. The first-order valence-electron chi connectivity index (χ1n) is 7.30.